The van der Waals surface area contributed by atoms with Crippen LogP contribution in [0.4, 0.5) is 5.69 Å². The number of anilines is 1. The molecule has 0 saturated carbocycles. The Morgan fingerprint density at radius 2 is 1.74 bits per heavy atom. The molecule has 1 aromatic heterocycles. The van der Waals surface area contributed by atoms with E-state index in [0.717, 1.165) is 11.3 Å². The van der Waals surface area contributed by atoms with Crippen LogP contribution in [0.2, 0.25) is 10.0 Å². The highest BCUT2D eigenvalue weighted by Gasteiger charge is 2.34. The van der Waals surface area contributed by atoms with Crippen LogP contribution in [0.1, 0.15) is 23.6 Å². The monoisotopic (exact) mass is 450 g/mol. The Labute approximate surface area is 187 Å². The topological polar surface area (TPSA) is 66.0 Å². The number of aromatic hydroxyl groups is 1. The van der Waals surface area contributed by atoms with Gasteiger partial charge in [0.1, 0.15) is 16.9 Å². The summed E-state index contributed by atoms with van der Waals surface area (Å²) >= 11 is 12.6. The molecule has 1 aliphatic rings. The first-order valence-corrected chi connectivity index (χ1v) is 10.4. The van der Waals surface area contributed by atoms with E-state index in [1.54, 1.807) is 41.4 Å². The van der Waals surface area contributed by atoms with Crippen LogP contribution in [0.15, 0.2) is 87.1 Å². The van der Waals surface area contributed by atoms with E-state index < -0.39 is 5.63 Å². The molecule has 1 N–H and O–H groups in total. The standard InChI is InChI=1S/C24H16Cl2N2O3/c25-14-10-11-16(18(26)12-14)20-13-19(27-28(20)15-6-2-1-3-7-15)22-23(29)17-8-4-5-9-21(17)31-24(22)30/h1-12,20,29H,13H2. The van der Waals surface area contributed by atoms with Crippen molar-refractivity contribution in [3.05, 3.63) is 104 Å². The summed E-state index contributed by atoms with van der Waals surface area (Å²) in [5.41, 5.74) is 1.83. The molecule has 0 spiro atoms. The van der Waals surface area contributed by atoms with Crippen molar-refractivity contribution in [2.24, 2.45) is 5.10 Å². The summed E-state index contributed by atoms with van der Waals surface area (Å²) in [6.45, 7) is 0. The van der Waals surface area contributed by atoms with Crippen molar-refractivity contribution in [3.8, 4) is 5.75 Å². The quantitative estimate of drug-likeness (QED) is 0.379. The molecule has 154 valence electrons. The van der Waals surface area contributed by atoms with Gasteiger partial charge in [0, 0.05) is 16.5 Å². The molecule has 31 heavy (non-hydrogen) atoms. The number of benzene rings is 3. The van der Waals surface area contributed by atoms with Crippen molar-refractivity contribution in [1.82, 2.24) is 0 Å². The van der Waals surface area contributed by atoms with Crippen molar-refractivity contribution >= 4 is 45.6 Å². The van der Waals surface area contributed by atoms with E-state index in [-0.39, 0.29) is 17.4 Å². The van der Waals surface area contributed by atoms with Crippen molar-refractivity contribution < 1.29 is 9.52 Å². The number of halogens is 2. The maximum Gasteiger partial charge on any atom is 0.349 e. The largest absolute Gasteiger partial charge is 0.506 e. The third-order valence-corrected chi connectivity index (χ3v) is 5.89. The Bertz CT molecular complexity index is 1380. The fourth-order valence-electron chi connectivity index (χ4n) is 3.88. The number of para-hydroxylation sites is 2. The molecule has 5 nitrogen and oxygen atoms in total. The Morgan fingerprint density at radius 1 is 1.00 bits per heavy atom. The van der Waals surface area contributed by atoms with E-state index in [1.165, 1.54) is 0 Å². The molecule has 2 heterocycles. The molecule has 1 atom stereocenters. The molecule has 3 aromatic carbocycles. The van der Waals surface area contributed by atoms with Crippen LogP contribution < -0.4 is 10.6 Å². The van der Waals surface area contributed by atoms with E-state index in [0.29, 0.717) is 33.1 Å². The first-order valence-electron chi connectivity index (χ1n) is 9.65. The second kappa shape index (κ2) is 7.76. The van der Waals surface area contributed by atoms with Gasteiger partial charge in [0.15, 0.2) is 0 Å². The highest BCUT2D eigenvalue weighted by Crippen LogP contribution is 2.41. The lowest BCUT2D eigenvalue weighted by Gasteiger charge is -2.24. The zero-order valence-electron chi connectivity index (χ0n) is 16.1. The van der Waals surface area contributed by atoms with E-state index in [2.05, 4.69) is 0 Å². The predicted octanol–water partition coefficient (Wildman–Crippen LogP) is 6.16. The van der Waals surface area contributed by atoms with Gasteiger partial charge in [-0.2, -0.15) is 5.10 Å². The Balaban J connectivity index is 1.67. The summed E-state index contributed by atoms with van der Waals surface area (Å²) in [6.07, 6.45) is 0.354. The number of rotatable bonds is 3. The van der Waals surface area contributed by atoms with Crippen molar-refractivity contribution in [3.63, 3.8) is 0 Å². The number of hydrogen-bond acceptors (Lipinski definition) is 5. The molecular formula is C24H16Cl2N2O3. The van der Waals surface area contributed by atoms with Gasteiger partial charge in [0.05, 0.1) is 22.8 Å². The lowest BCUT2D eigenvalue weighted by Crippen LogP contribution is -2.19. The lowest BCUT2D eigenvalue weighted by molar-refractivity contribution is 0.466. The summed E-state index contributed by atoms with van der Waals surface area (Å²) in [7, 11) is 0. The second-order valence-corrected chi connectivity index (χ2v) is 8.07. The molecular weight excluding hydrogens is 435 g/mol. The molecule has 1 unspecified atom stereocenters. The third-order valence-electron chi connectivity index (χ3n) is 5.33. The number of hydrazone groups is 1. The minimum absolute atomic E-state index is 0.0622. The Kier molecular flexibility index (Phi) is 4.93. The van der Waals surface area contributed by atoms with Crippen molar-refractivity contribution in [2.45, 2.75) is 12.5 Å². The van der Waals surface area contributed by atoms with Crippen LogP contribution in [-0.2, 0) is 0 Å². The Morgan fingerprint density at radius 3 is 2.52 bits per heavy atom. The molecule has 0 radical (unpaired) electrons. The smallest absolute Gasteiger partial charge is 0.349 e. The highest BCUT2D eigenvalue weighted by atomic mass is 35.5. The van der Waals surface area contributed by atoms with Gasteiger partial charge >= 0.3 is 5.63 Å². The predicted molar refractivity (Wildman–Crippen MR) is 123 cm³/mol. The average Bonchev–Trinajstić information content (AvgIpc) is 3.19. The third kappa shape index (κ3) is 3.46. The van der Waals surface area contributed by atoms with Crippen LogP contribution >= 0.6 is 23.2 Å². The van der Waals surface area contributed by atoms with E-state index in [1.807, 2.05) is 36.4 Å². The minimum Gasteiger partial charge on any atom is -0.506 e. The van der Waals surface area contributed by atoms with E-state index in [9.17, 15) is 9.90 Å². The molecule has 0 fully saturated rings. The van der Waals surface area contributed by atoms with Gasteiger partial charge in [-0.25, -0.2) is 4.79 Å². The summed E-state index contributed by atoms with van der Waals surface area (Å²) < 4.78 is 5.45. The van der Waals surface area contributed by atoms with Gasteiger partial charge in [0.25, 0.3) is 0 Å². The number of fused-ring (bicyclic) bond motifs is 1. The number of nitrogens with zero attached hydrogens (tertiary/aromatic N) is 2. The van der Waals surface area contributed by atoms with Gasteiger partial charge in [-0.3, -0.25) is 5.01 Å². The first kappa shape index (κ1) is 19.7. The maximum atomic E-state index is 12.8. The Hall–Kier alpha value is -3.28. The van der Waals surface area contributed by atoms with Crippen LogP contribution in [0.25, 0.3) is 11.0 Å². The van der Waals surface area contributed by atoms with Crippen LogP contribution in [0, 0.1) is 0 Å². The molecule has 5 rings (SSSR count). The summed E-state index contributed by atoms with van der Waals surface area (Å²) in [5.74, 6) is -0.138. The molecule has 0 saturated heterocycles. The summed E-state index contributed by atoms with van der Waals surface area (Å²) in [4.78, 5) is 12.8. The van der Waals surface area contributed by atoms with Crippen LogP contribution in [0.5, 0.6) is 5.75 Å². The normalized spacial score (nSPS) is 16.0. The molecule has 7 heteroatoms. The zero-order chi connectivity index (χ0) is 21.5. The van der Waals surface area contributed by atoms with Crippen LogP contribution in [0.3, 0.4) is 0 Å². The average molecular weight is 451 g/mol. The van der Waals surface area contributed by atoms with Crippen LogP contribution in [-0.4, -0.2) is 10.8 Å². The lowest BCUT2D eigenvalue weighted by atomic mass is 9.97. The second-order valence-electron chi connectivity index (χ2n) is 7.22. The van der Waals surface area contributed by atoms with Gasteiger partial charge in [-0.15, -0.1) is 0 Å². The number of hydrogen-bond donors (Lipinski definition) is 1. The summed E-state index contributed by atoms with van der Waals surface area (Å²) in [6, 6.07) is 21.5. The minimum atomic E-state index is -0.634. The summed E-state index contributed by atoms with van der Waals surface area (Å²) in [5, 5.41) is 18.9. The zero-order valence-corrected chi connectivity index (χ0v) is 17.6. The van der Waals surface area contributed by atoms with Crippen molar-refractivity contribution in [1.29, 1.82) is 0 Å². The van der Waals surface area contributed by atoms with Crippen molar-refractivity contribution in [2.75, 3.05) is 5.01 Å². The molecule has 1 aliphatic heterocycles. The fraction of sp³-hybridized carbons (Fsp3) is 0.0833. The maximum absolute atomic E-state index is 12.8. The van der Waals surface area contributed by atoms with Gasteiger partial charge in [-0.05, 0) is 42.0 Å². The first-order chi connectivity index (χ1) is 15.0. The van der Waals surface area contributed by atoms with Gasteiger partial charge < -0.3 is 9.52 Å². The van der Waals surface area contributed by atoms with E-state index in [4.69, 9.17) is 32.7 Å². The molecule has 4 aromatic rings. The molecule has 0 amide bonds. The molecule has 0 bridgehead atoms. The SMILES string of the molecule is O=c1oc2ccccc2c(O)c1C1=NN(c2ccccc2)C(c2ccc(Cl)cc2Cl)C1. The van der Waals surface area contributed by atoms with E-state index >= 15 is 0 Å². The highest BCUT2D eigenvalue weighted by molar-refractivity contribution is 6.35. The fourth-order valence-corrected chi connectivity index (χ4v) is 4.42. The van der Waals surface area contributed by atoms with Gasteiger partial charge in [-0.1, -0.05) is 59.6 Å². The molecule has 0 aliphatic carbocycles. The van der Waals surface area contributed by atoms with Gasteiger partial charge in [0.2, 0.25) is 0 Å².